The van der Waals surface area contributed by atoms with Crippen LogP contribution in [0.1, 0.15) is 25.0 Å². The third-order valence-corrected chi connectivity index (χ3v) is 2.86. The number of carbonyl (C=O) groups excluding carboxylic acids is 1. The van der Waals surface area contributed by atoms with Crippen molar-refractivity contribution < 1.29 is 14.1 Å². The predicted octanol–water partition coefficient (Wildman–Crippen LogP) is 1.08. The molecule has 0 saturated carbocycles. The Morgan fingerprint density at radius 2 is 2.39 bits per heavy atom. The van der Waals surface area contributed by atoms with Crippen molar-refractivity contribution in [1.29, 1.82) is 0 Å². The number of piperidine rings is 1. The quantitative estimate of drug-likeness (QED) is 0.821. The number of carbonyl (C=O) groups is 1. The van der Waals surface area contributed by atoms with Gasteiger partial charge in [0.2, 0.25) is 11.8 Å². The van der Waals surface area contributed by atoms with Crippen molar-refractivity contribution in [3.05, 3.63) is 11.8 Å². The normalized spacial score (nSPS) is 16.7. The zero-order valence-corrected chi connectivity index (χ0v) is 10.6. The molecule has 2 N–H and O–H groups in total. The first-order valence-corrected chi connectivity index (χ1v) is 6.29. The van der Waals surface area contributed by atoms with Gasteiger partial charge in [-0.15, -0.1) is 0 Å². The lowest BCUT2D eigenvalue weighted by molar-refractivity contribution is -0.117. The van der Waals surface area contributed by atoms with Crippen LogP contribution in [0.5, 0.6) is 0 Å². The second-order valence-electron chi connectivity index (χ2n) is 4.45. The predicted molar refractivity (Wildman–Crippen MR) is 66.3 cm³/mol. The fourth-order valence-electron chi connectivity index (χ4n) is 1.90. The molecule has 6 nitrogen and oxygen atoms in total. The van der Waals surface area contributed by atoms with Gasteiger partial charge in [-0.3, -0.25) is 10.1 Å². The summed E-state index contributed by atoms with van der Waals surface area (Å²) >= 11 is 0. The molecule has 1 aliphatic rings. The lowest BCUT2D eigenvalue weighted by atomic mass is 10.1. The van der Waals surface area contributed by atoms with Crippen LogP contribution >= 0.6 is 0 Å². The molecule has 0 unspecified atom stereocenters. The van der Waals surface area contributed by atoms with Crippen molar-refractivity contribution >= 4 is 11.8 Å². The number of amides is 1. The third kappa shape index (κ3) is 4.12. The summed E-state index contributed by atoms with van der Waals surface area (Å²) < 4.78 is 10.5. The van der Waals surface area contributed by atoms with E-state index in [-0.39, 0.29) is 12.0 Å². The van der Waals surface area contributed by atoms with Crippen LogP contribution in [0.15, 0.2) is 10.6 Å². The van der Waals surface area contributed by atoms with Crippen LogP contribution in [0.2, 0.25) is 0 Å². The Hall–Kier alpha value is -1.40. The summed E-state index contributed by atoms with van der Waals surface area (Å²) in [5, 5.41) is 9.61. The maximum Gasteiger partial charge on any atom is 0.231 e. The Balaban J connectivity index is 1.62. The van der Waals surface area contributed by atoms with Crippen molar-refractivity contribution in [2.75, 3.05) is 25.0 Å². The molecule has 0 atom stereocenters. The van der Waals surface area contributed by atoms with E-state index >= 15 is 0 Å². The van der Waals surface area contributed by atoms with Gasteiger partial charge in [0, 0.05) is 6.07 Å². The van der Waals surface area contributed by atoms with Gasteiger partial charge in [0.05, 0.1) is 24.8 Å². The fraction of sp³-hybridized carbons (Fsp3) is 0.667. The van der Waals surface area contributed by atoms with Gasteiger partial charge >= 0.3 is 0 Å². The van der Waals surface area contributed by atoms with E-state index in [1.54, 1.807) is 13.0 Å². The highest BCUT2D eigenvalue weighted by Crippen LogP contribution is 2.10. The van der Waals surface area contributed by atoms with Crippen LogP contribution in [0.3, 0.4) is 0 Å². The lowest BCUT2D eigenvalue weighted by Crippen LogP contribution is -2.33. The van der Waals surface area contributed by atoms with Crippen LogP contribution in [-0.2, 0) is 9.53 Å². The smallest absolute Gasteiger partial charge is 0.231 e. The molecule has 1 saturated heterocycles. The van der Waals surface area contributed by atoms with Crippen molar-refractivity contribution in [2.45, 2.75) is 32.3 Å². The molecule has 2 heterocycles. The van der Waals surface area contributed by atoms with Crippen molar-refractivity contribution in [1.82, 2.24) is 10.5 Å². The molecular weight excluding hydrogens is 234 g/mol. The van der Waals surface area contributed by atoms with Crippen LogP contribution in [0, 0.1) is 6.92 Å². The standard InChI is InChI=1S/C12H19N3O3/c1-9-8-12(18-15-9)14-11(16)4-7-17-10-2-5-13-6-3-10/h8,10,13H,2-7H2,1H3,(H,14,16). The molecule has 2 rings (SSSR count). The Kier molecular flexibility index (Phi) is 4.72. The summed E-state index contributed by atoms with van der Waals surface area (Å²) in [4.78, 5) is 11.6. The first kappa shape index (κ1) is 13.0. The minimum absolute atomic E-state index is 0.111. The number of hydrogen-bond acceptors (Lipinski definition) is 5. The minimum atomic E-state index is -0.111. The molecule has 0 spiro atoms. The number of anilines is 1. The van der Waals surface area contributed by atoms with Gasteiger partial charge in [-0.2, -0.15) is 0 Å². The molecule has 1 fully saturated rings. The van der Waals surface area contributed by atoms with E-state index in [0.717, 1.165) is 31.6 Å². The highest BCUT2D eigenvalue weighted by atomic mass is 16.5. The molecule has 0 radical (unpaired) electrons. The van der Waals surface area contributed by atoms with Gasteiger partial charge in [0.25, 0.3) is 0 Å². The molecule has 1 aromatic rings. The summed E-state index contributed by atoms with van der Waals surface area (Å²) in [5.74, 6) is 0.277. The van der Waals surface area contributed by atoms with Crippen molar-refractivity contribution in [3.63, 3.8) is 0 Å². The van der Waals surface area contributed by atoms with Gasteiger partial charge < -0.3 is 14.6 Å². The SMILES string of the molecule is Cc1cc(NC(=O)CCOC2CCNCC2)on1. The number of rotatable bonds is 5. The Bertz CT molecular complexity index is 386. The monoisotopic (exact) mass is 253 g/mol. The highest BCUT2D eigenvalue weighted by Gasteiger charge is 2.14. The maximum absolute atomic E-state index is 11.6. The fourth-order valence-corrected chi connectivity index (χ4v) is 1.90. The van der Waals surface area contributed by atoms with Crippen LogP contribution < -0.4 is 10.6 Å². The Morgan fingerprint density at radius 3 is 3.06 bits per heavy atom. The van der Waals surface area contributed by atoms with Gasteiger partial charge in [0.15, 0.2) is 0 Å². The van der Waals surface area contributed by atoms with E-state index in [9.17, 15) is 4.79 Å². The van der Waals surface area contributed by atoms with E-state index in [4.69, 9.17) is 9.26 Å². The van der Waals surface area contributed by atoms with E-state index in [1.165, 1.54) is 0 Å². The van der Waals surface area contributed by atoms with E-state index < -0.39 is 0 Å². The molecule has 1 aromatic heterocycles. The average Bonchev–Trinajstić information content (AvgIpc) is 2.76. The van der Waals surface area contributed by atoms with E-state index in [0.29, 0.717) is 18.9 Å². The van der Waals surface area contributed by atoms with E-state index in [2.05, 4.69) is 15.8 Å². The number of nitrogens with one attached hydrogen (secondary N) is 2. The number of ether oxygens (including phenoxy) is 1. The number of nitrogens with zero attached hydrogens (tertiary/aromatic N) is 1. The number of aryl methyl sites for hydroxylation is 1. The molecule has 0 aromatic carbocycles. The molecule has 0 bridgehead atoms. The van der Waals surface area contributed by atoms with Crippen LogP contribution in [0.25, 0.3) is 0 Å². The summed E-state index contributed by atoms with van der Waals surface area (Å²) in [5.41, 5.74) is 0.747. The maximum atomic E-state index is 11.6. The summed E-state index contributed by atoms with van der Waals surface area (Å²) in [6.45, 7) is 4.24. The molecule has 6 heteroatoms. The topological polar surface area (TPSA) is 76.4 Å². The lowest BCUT2D eigenvalue weighted by Gasteiger charge is -2.22. The van der Waals surface area contributed by atoms with Crippen LogP contribution in [0.4, 0.5) is 5.88 Å². The van der Waals surface area contributed by atoms with Gasteiger partial charge in [0.1, 0.15) is 0 Å². The van der Waals surface area contributed by atoms with Gasteiger partial charge in [-0.1, -0.05) is 5.16 Å². The molecule has 100 valence electrons. The summed E-state index contributed by atoms with van der Waals surface area (Å²) in [6.07, 6.45) is 2.65. The minimum Gasteiger partial charge on any atom is -0.378 e. The molecule has 18 heavy (non-hydrogen) atoms. The molecule has 0 aliphatic carbocycles. The van der Waals surface area contributed by atoms with Crippen LogP contribution in [-0.4, -0.2) is 36.9 Å². The first-order chi connectivity index (χ1) is 8.74. The average molecular weight is 253 g/mol. The van der Waals surface area contributed by atoms with Gasteiger partial charge in [-0.05, 0) is 32.9 Å². The summed E-state index contributed by atoms with van der Waals surface area (Å²) in [6, 6.07) is 1.69. The molecular formula is C12H19N3O3. The zero-order valence-electron chi connectivity index (χ0n) is 10.6. The first-order valence-electron chi connectivity index (χ1n) is 6.29. The van der Waals surface area contributed by atoms with E-state index in [1.807, 2.05) is 0 Å². The van der Waals surface area contributed by atoms with Gasteiger partial charge in [-0.25, -0.2) is 0 Å². The third-order valence-electron chi connectivity index (χ3n) is 2.86. The van der Waals surface area contributed by atoms with Crippen molar-refractivity contribution in [2.24, 2.45) is 0 Å². The molecule has 1 amide bonds. The van der Waals surface area contributed by atoms with Crippen molar-refractivity contribution in [3.8, 4) is 0 Å². The summed E-state index contributed by atoms with van der Waals surface area (Å²) in [7, 11) is 0. The number of hydrogen-bond donors (Lipinski definition) is 2. The zero-order chi connectivity index (χ0) is 12.8. The Labute approximate surface area is 106 Å². The second kappa shape index (κ2) is 6.51. The Morgan fingerprint density at radius 1 is 1.61 bits per heavy atom. The largest absolute Gasteiger partial charge is 0.378 e. The highest BCUT2D eigenvalue weighted by molar-refractivity contribution is 5.89. The second-order valence-corrected chi connectivity index (χ2v) is 4.45. The molecule has 1 aliphatic heterocycles. The number of aromatic nitrogens is 1.